The minimum Gasteiger partial charge on any atom is -0.497 e. The number of hydrogen-bond donors (Lipinski definition) is 0. The van der Waals surface area contributed by atoms with Crippen molar-refractivity contribution in [2.45, 2.75) is 38.0 Å². The van der Waals surface area contributed by atoms with E-state index in [0.717, 1.165) is 30.8 Å². The van der Waals surface area contributed by atoms with Crippen LogP contribution < -0.4 is 9.47 Å². The minimum atomic E-state index is 0.480. The zero-order valence-electron chi connectivity index (χ0n) is 17.6. The van der Waals surface area contributed by atoms with Gasteiger partial charge in [0.1, 0.15) is 11.5 Å². The van der Waals surface area contributed by atoms with E-state index in [2.05, 4.69) is 79.7 Å². The van der Waals surface area contributed by atoms with Gasteiger partial charge in [-0.05, 0) is 77.1 Å². The Bertz CT molecular complexity index is 931. The molecule has 3 unspecified atom stereocenters. The summed E-state index contributed by atoms with van der Waals surface area (Å²) in [6.07, 6.45) is 3.30. The highest BCUT2D eigenvalue weighted by Gasteiger charge is 2.36. The molecule has 3 atom stereocenters. The Labute approximate surface area is 174 Å². The summed E-state index contributed by atoms with van der Waals surface area (Å²) in [5, 5.41) is 0. The van der Waals surface area contributed by atoms with Gasteiger partial charge in [-0.3, -0.25) is 0 Å². The third-order valence-electron chi connectivity index (χ3n) is 6.54. The van der Waals surface area contributed by atoms with Crippen molar-refractivity contribution in [3.8, 4) is 11.5 Å². The number of hydrogen-bond acceptors (Lipinski definition) is 2. The molecule has 2 nitrogen and oxygen atoms in total. The van der Waals surface area contributed by atoms with Crippen molar-refractivity contribution in [1.82, 2.24) is 0 Å². The molecule has 1 aliphatic carbocycles. The van der Waals surface area contributed by atoms with Gasteiger partial charge in [0.2, 0.25) is 0 Å². The monoisotopic (exact) mass is 386 g/mol. The Balaban J connectivity index is 1.76. The topological polar surface area (TPSA) is 18.5 Å². The van der Waals surface area contributed by atoms with Crippen LogP contribution in [0, 0.1) is 5.92 Å². The Morgan fingerprint density at radius 3 is 2.17 bits per heavy atom. The molecule has 3 aromatic rings. The van der Waals surface area contributed by atoms with Gasteiger partial charge < -0.3 is 9.47 Å². The first kappa shape index (κ1) is 19.6. The van der Waals surface area contributed by atoms with Gasteiger partial charge in [-0.2, -0.15) is 0 Å². The number of rotatable bonds is 6. The van der Waals surface area contributed by atoms with E-state index in [0.29, 0.717) is 17.8 Å². The van der Waals surface area contributed by atoms with Crippen molar-refractivity contribution in [2.75, 3.05) is 14.2 Å². The predicted octanol–water partition coefficient (Wildman–Crippen LogP) is 6.40. The molecule has 0 aliphatic heterocycles. The average Bonchev–Trinajstić information content (AvgIpc) is 2.79. The first-order valence-corrected chi connectivity index (χ1v) is 10.6. The molecule has 0 saturated heterocycles. The standard InChI is InChI=1S/C27H30O2/c1-4-24-25(20-10-13-22(28-2)14-11-20)17-21-12-15-23(29-3)18-26(21)27(24)16-19-8-6-5-7-9-19/h5-15,18,24-25,27H,4,16-17H2,1-3H3. The first-order chi connectivity index (χ1) is 14.2. The normalized spacial score (nSPS) is 20.7. The Morgan fingerprint density at radius 2 is 1.52 bits per heavy atom. The quantitative estimate of drug-likeness (QED) is 0.488. The summed E-state index contributed by atoms with van der Waals surface area (Å²) in [6.45, 7) is 2.34. The van der Waals surface area contributed by atoms with Crippen LogP contribution in [0.2, 0.25) is 0 Å². The van der Waals surface area contributed by atoms with E-state index in [1.807, 2.05) is 0 Å². The van der Waals surface area contributed by atoms with E-state index < -0.39 is 0 Å². The lowest BCUT2D eigenvalue weighted by Gasteiger charge is -2.40. The summed E-state index contributed by atoms with van der Waals surface area (Å²) >= 11 is 0. The molecule has 29 heavy (non-hydrogen) atoms. The summed E-state index contributed by atoms with van der Waals surface area (Å²) in [6, 6.07) is 26.2. The summed E-state index contributed by atoms with van der Waals surface area (Å²) in [5.74, 6) is 3.46. The SMILES string of the molecule is CCC1C(c2ccc(OC)cc2)Cc2ccc(OC)cc2C1Cc1ccccc1. The molecule has 150 valence electrons. The fraction of sp³-hybridized carbons (Fsp3) is 0.333. The second kappa shape index (κ2) is 8.73. The van der Waals surface area contributed by atoms with E-state index in [9.17, 15) is 0 Å². The van der Waals surface area contributed by atoms with E-state index >= 15 is 0 Å². The van der Waals surface area contributed by atoms with Crippen LogP contribution in [0.25, 0.3) is 0 Å². The van der Waals surface area contributed by atoms with Crippen molar-refractivity contribution in [2.24, 2.45) is 5.92 Å². The third kappa shape index (κ3) is 4.03. The van der Waals surface area contributed by atoms with Gasteiger partial charge in [0.15, 0.2) is 0 Å². The summed E-state index contributed by atoms with van der Waals surface area (Å²) in [7, 11) is 3.48. The van der Waals surface area contributed by atoms with Crippen LogP contribution in [0.1, 0.15) is 47.4 Å². The molecule has 0 N–H and O–H groups in total. The molecule has 0 saturated carbocycles. The lowest BCUT2D eigenvalue weighted by molar-refractivity contribution is 0.310. The van der Waals surface area contributed by atoms with Crippen LogP contribution in [0.15, 0.2) is 72.8 Å². The molecule has 0 amide bonds. The number of methoxy groups -OCH3 is 2. The molecule has 0 aromatic heterocycles. The third-order valence-corrected chi connectivity index (χ3v) is 6.54. The highest BCUT2D eigenvalue weighted by atomic mass is 16.5. The zero-order chi connectivity index (χ0) is 20.2. The van der Waals surface area contributed by atoms with Gasteiger partial charge in [-0.25, -0.2) is 0 Å². The molecule has 0 spiro atoms. The maximum atomic E-state index is 5.57. The molecule has 0 fully saturated rings. The number of ether oxygens (including phenoxy) is 2. The van der Waals surface area contributed by atoms with Gasteiger partial charge in [0.05, 0.1) is 14.2 Å². The predicted molar refractivity (Wildman–Crippen MR) is 119 cm³/mol. The first-order valence-electron chi connectivity index (χ1n) is 10.6. The molecule has 1 aliphatic rings. The van der Waals surface area contributed by atoms with Crippen LogP contribution in [-0.2, 0) is 12.8 Å². The highest BCUT2D eigenvalue weighted by Crippen LogP contribution is 2.48. The second-order valence-corrected chi connectivity index (χ2v) is 8.02. The maximum absolute atomic E-state index is 5.57. The van der Waals surface area contributed by atoms with Crippen molar-refractivity contribution in [3.05, 3.63) is 95.1 Å². The molecular weight excluding hydrogens is 356 g/mol. The van der Waals surface area contributed by atoms with E-state index in [1.54, 1.807) is 14.2 Å². The minimum absolute atomic E-state index is 0.480. The fourth-order valence-corrected chi connectivity index (χ4v) is 5.04. The summed E-state index contributed by atoms with van der Waals surface area (Å²) in [5.41, 5.74) is 5.74. The molecule has 0 heterocycles. The summed E-state index contributed by atoms with van der Waals surface area (Å²) < 4.78 is 10.9. The average molecular weight is 387 g/mol. The Hall–Kier alpha value is -2.74. The van der Waals surface area contributed by atoms with Crippen molar-refractivity contribution in [3.63, 3.8) is 0 Å². The van der Waals surface area contributed by atoms with E-state index in [-0.39, 0.29) is 0 Å². The summed E-state index contributed by atoms with van der Waals surface area (Å²) in [4.78, 5) is 0. The molecule has 3 aromatic carbocycles. The zero-order valence-corrected chi connectivity index (χ0v) is 17.6. The van der Waals surface area contributed by atoms with Crippen molar-refractivity contribution < 1.29 is 9.47 Å². The molecular formula is C27H30O2. The van der Waals surface area contributed by atoms with Crippen LogP contribution in [0.3, 0.4) is 0 Å². The van der Waals surface area contributed by atoms with Crippen molar-refractivity contribution in [1.29, 1.82) is 0 Å². The van der Waals surface area contributed by atoms with Crippen LogP contribution in [0.4, 0.5) is 0 Å². The van der Waals surface area contributed by atoms with Gasteiger partial charge in [-0.1, -0.05) is 61.9 Å². The maximum Gasteiger partial charge on any atom is 0.119 e. The van der Waals surface area contributed by atoms with E-state index in [4.69, 9.17) is 9.47 Å². The van der Waals surface area contributed by atoms with E-state index in [1.165, 1.54) is 22.3 Å². The van der Waals surface area contributed by atoms with Gasteiger partial charge >= 0.3 is 0 Å². The lowest BCUT2D eigenvalue weighted by Crippen LogP contribution is -2.29. The van der Waals surface area contributed by atoms with Crippen molar-refractivity contribution >= 4 is 0 Å². The second-order valence-electron chi connectivity index (χ2n) is 8.02. The Kier molecular flexibility index (Phi) is 5.89. The van der Waals surface area contributed by atoms with Crippen LogP contribution >= 0.6 is 0 Å². The fourth-order valence-electron chi connectivity index (χ4n) is 5.04. The molecule has 2 heteroatoms. The number of benzene rings is 3. The van der Waals surface area contributed by atoms with Gasteiger partial charge in [-0.15, -0.1) is 0 Å². The van der Waals surface area contributed by atoms with Crippen LogP contribution in [0.5, 0.6) is 11.5 Å². The molecule has 0 bridgehead atoms. The smallest absolute Gasteiger partial charge is 0.119 e. The molecule has 4 rings (SSSR count). The highest BCUT2D eigenvalue weighted by molar-refractivity contribution is 5.44. The molecule has 0 radical (unpaired) electrons. The van der Waals surface area contributed by atoms with Crippen LogP contribution in [-0.4, -0.2) is 14.2 Å². The number of fused-ring (bicyclic) bond motifs is 1. The Morgan fingerprint density at radius 1 is 0.828 bits per heavy atom. The van der Waals surface area contributed by atoms with Gasteiger partial charge in [0, 0.05) is 0 Å². The van der Waals surface area contributed by atoms with Gasteiger partial charge in [0.25, 0.3) is 0 Å². The lowest BCUT2D eigenvalue weighted by atomic mass is 9.64. The largest absolute Gasteiger partial charge is 0.497 e.